The van der Waals surface area contributed by atoms with Crippen LogP contribution in [0.5, 0.6) is 0 Å². The third-order valence-electron chi connectivity index (χ3n) is 2.86. The molecule has 6 nitrogen and oxygen atoms in total. The second-order valence-corrected chi connectivity index (χ2v) is 4.47. The van der Waals surface area contributed by atoms with E-state index in [0.29, 0.717) is 5.69 Å². The van der Waals surface area contributed by atoms with Gasteiger partial charge in [0.1, 0.15) is 0 Å². The number of hydrogen-bond donors (Lipinski definition) is 1. The molecule has 0 spiro atoms. The summed E-state index contributed by atoms with van der Waals surface area (Å²) in [6.45, 7) is -0.356. The summed E-state index contributed by atoms with van der Waals surface area (Å²) in [6, 6.07) is 6.46. The fourth-order valence-electron chi connectivity index (χ4n) is 1.64. The normalized spacial score (nSPS) is 13.4. The summed E-state index contributed by atoms with van der Waals surface area (Å²) in [4.78, 5) is 34.5. The molecule has 106 valence electrons. The molecule has 0 radical (unpaired) electrons. The zero-order valence-electron chi connectivity index (χ0n) is 11.0. The van der Waals surface area contributed by atoms with Gasteiger partial charge >= 0.3 is 11.9 Å². The molecule has 0 unspecified atom stereocenters. The van der Waals surface area contributed by atoms with E-state index in [1.54, 1.807) is 18.2 Å². The molecule has 6 heteroatoms. The molecule has 1 fully saturated rings. The minimum absolute atomic E-state index is 0.0508. The number of carbonyl (C=O) groups is 3. The molecule has 0 saturated heterocycles. The highest BCUT2D eigenvalue weighted by atomic mass is 16.5. The zero-order chi connectivity index (χ0) is 14.5. The molecular formula is C14H15NO5. The van der Waals surface area contributed by atoms with Crippen LogP contribution < -0.4 is 5.32 Å². The Balaban J connectivity index is 1.93. The first-order chi connectivity index (χ1) is 9.61. The Labute approximate surface area is 116 Å². The molecule has 1 aromatic rings. The van der Waals surface area contributed by atoms with Crippen LogP contribution in [0.4, 0.5) is 5.69 Å². The van der Waals surface area contributed by atoms with E-state index in [0.717, 1.165) is 12.8 Å². The number of esters is 2. The lowest BCUT2D eigenvalue weighted by molar-refractivity contribution is -0.148. The molecule has 2 rings (SSSR count). The van der Waals surface area contributed by atoms with Crippen molar-refractivity contribution in [2.75, 3.05) is 19.0 Å². The van der Waals surface area contributed by atoms with Crippen LogP contribution >= 0.6 is 0 Å². The number of rotatable bonds is 5. The van der Waals surface area contributed by atoms with Gasteiger partial charge in [0.2, 0.25) is 0 Å². The van der Waals surface area contributed by atoms with Crippen LogP contribution in [-0.4, -0.2) is 31.6 Å². The lowest BCUT2D eigenvalue weighted by Crippen LogP contribution is -2.22. The molecule has 0 heterocycles. The van der Waals surface area contributed by atoms with Crippen molar-refractivity contribution < 1.29 is 23.9 Å². The number of carbonyl (C=O) groups excluding carboxylic acids is 3. The summed E-state index contributed by atoms with van der Waals surface area (Å²) in [7, 11) is 1.26. The predicted molar refractivity (Wildman–Crippen MR) is 70.1 cm³/mol. The third kappa shape index (κ3) is 3.57. The second kappa shape index (κ2) is 6.18. The highest BCUT2D eigenvalue weighted by Crippen LogP contribution is 2.30. The number of benzene rings is 1. The van der Waals surface area contributed by atoms with Crippen molar-refractivity contribution in [2.24, 2.45) is 5.92 Å². The Hall–Kier alpha value is -2.37. The van der Waals surface area contributed by atoms with Crippen molar-refractivity contribution >= 4 is 23.5 Å². The van der Waals surface area contributed by atoms with Gasteiger partial charge in [0, 0.05) is 0 Å². The predicted octanol–water partition coefficient (Wildman–Crippen LogP) is 1.36. The molecule has 1 amide bonds. The minimum Gasteiger partial charge on any atom is -0.465 e. The fraction of sp³-hybridized carbons (Fsp3) is 0.357. The SMILES string of the molecule is COC(=O)c1ccccc1NC(=O)COC(=O)C1CC1. The topological polar surface area (TPSA) is 81.7 Å². The minimum atomic E-state index is -0.545. The Morgan fingerprint density at radius 3 is 2.60 bits per heavy atom. The van der Waals surface area contributed by atoms with E-state index in [2.05, 4.69) is 10.1 Å². The van der Waals surface area contributed by atoms with Crippen molar-refractivity contribution in [3.8, 4) is 0 Å². The van der Waals surface area contributed by atoms with Gasteiger partial charge in [0.25, 0.3) is 5.91 Å². The maximum Gasteiger partial charge on any atom is 0.339 e. The van der Waals surface area contributed by atoms with Crippen molar-refractivity contribution in [3.63, 3.8) is 0 Å². The van der Waals surface area contributed by atoms with Crippen LogP contribution in [0.15, 0.2) is 24.3 Å². The average Bonchev–Trinajstić information content (AvgIpc) is 3.29. The number of amides is 1. The molecule has 1 N–H and O–H groups in total. The molecule has 0 aromatic heterocycles. The van der Waals surface area contributed by atoms with Crippen LogP contribution in [0.3, 0.4) is 0 Å². The molecule has 0 aliphatic heterocycles. The van der Waals surface area contributed by atoms with Gasteiger partial charge in [0.05, 0.1) is 24.3 Å². The van der Waals surface area contributed by atoms with E-state index in [1.165, 1.54) is 13.2 Å². The van der Waals surface area contributed by atoms with Gasteiger partial charge in [0.15, 0.2) is 6.61 Å². The lowest BCUT2D eigenvalue weighted by Gasteiger charge is -2.09. The van der Waals surface area contributed by atoms with Crippen LogP contribution in [0, 0.1) is 5.92 Å². The van der Waals surface area contributed by atoms with Crippen LogP contribution in [0.1, 0.15) is 23.2 Å². The number of para-hydroxylation sites is 1. The summed E-state index contributed by atoms with van der Waals surface area (Å²) in [6.07, 6.45) is 1.65. The summed E-state index contributed by atoms with van der Waals surface area (Å²) in [5, 5.41) is 2.52. The molecule has 1 aliphatic carbocycles. The van der Waals surface area contributed by atoms with Crippen molar-refractivity contribution in [1.29, 1.82) is 0 Å². The molecule has 1 aliphatic rings. The van der Waals surface area contributed by atoms with E-state index in [4.69, 9.17) is 4.74 Å². The number of anilines is 1. The fourth-order valence-corrected chi connectivity index (χ4v) is 1.64. The van der Waals surface area contributed by atoms with E-state index in [1.807, 2.05) is 0 Å². The highest BCUT2D eigenvalue weighted by Gasteiger charge is 2.31. The van der Waals surface area contributed by atoms with E-state index in [9.17, 15) is 14.4 Å². The molecule has 20 heavy (non-hydrogen) atoms. The molecule has 0 atom stereocenters. The standard InChI is InChI=1S/C14H15NO5/c1-19-14(18)10-4-2-3-5-11(10)15-12(16)8-20-13(17)9-6-7-9/h2-5,9H,6-8H2,1H3,(H,15,16). The summed E-state index contributed by atoms with van der Waals surface area (Å²) < 4.78 is 9.48. The van der Waals surface area contributed by atoms with Crippen LogP contribution in [-0.2, 0) is 19.1 Å². The third-order valence-corrected chi connectivity index (χ3v) is 2.86. The molecular weight excluding hydrogens is 262 g/mol. The monoisotopic (exact) mass is 277 g/mol. The summed E-state index contributed by atoms with van der Waals surface area (Å²) >= 11 is 0. The first kappa shape index (κ1) is 14.0. The van der Waals surface area contributed by atoms with E-state index < -0.39 is 11.9 Å². The first-order valence-corrected chi connectivity index (χ1v) is 6.25. The van der Waals surface area contributed by atoms with E-state index in [-0.39, 0.29) is 24.1 Å². The van der Waals surface area contributed by atoms with Gasteiger partial charge in [-0.2, -0.15) is 0 Å². The Bertz CT molecular complexity index is 536. The van der Waals surface area contributed by atoms with Crippen molar-refractivity contribution in [1.82, 2.24) is 0 Å². The summed E-state index contributed by atoms with van der Waals surface area (Å²) in [5.41, 5.74) is 0.573. The van der Waals surface area contributed by atoms with Gasteiger partial charge in [-0.05, 0) is 25.0 Å². The van der Waals surface area contributed by atoms with Crippen molar-refractivity contribution in [2.45, 2.75) is 12.8 Å². The Morgan fingerprint density at radius 2 is 1.95 bits per heavy atom. The number of methoxy groups -OCH3 is 1. The maximum atomic E-state index is 11.7. The van der Waals surface area contributed by atoms with Gasteiger partial charge in [-0.1, -0.05) is 12.1 Å². The summed E-state index contributed by atoms with van der Waals surface area (Å²) in [5.74, 6) is -1.43. The van der Waals surface area contributed by atoms with Crippen molar-refractivity contribution in [3.05, 3.63) is 29.8 Å². The molecule has 1 aromatic carbocycles. The second-order valence-electron chi connectivity index (χ2n) is 4.47. The van der Waals surface area contributed by atoms with Gasteiger partial charge < -0.3 is 14.8 Å². The van der Waals surface area contributed by atoms with Gasteiger partial charge in [-0.25, -0.2) is 4.79 Å². The average molecular weight is 277 g/mol. The smallest absolute Gasteiger partial charge is 0.339 e. The molecule has 0 bridgehead atoms. The Morgan fingerprint density at radius 1 is 1.25 bits per heavy atom. The largest absolute Gasteiger partial charge is 0.465 e. The van der Waals surface area contributed by atoms with Gasteiger partial charge in [-0.3, -0.25) is 9.59 Å². The molecule has 1 saturated carbocycles. The number of nitrogens with one attached hydrogen (secondary N) is 1. The van der Waals surface area contributed by atoms with Crippen LogP contribution in [0.25, 0.3) is 0 Å². The first-order valence-electron chi connectivity index (χ1n) is 6.25. The quantitative estimate of drug-likeness (QED) is 0.822. The van der Waals surface area contributed by atoms with Crippen LogP contribution in [0.2, 0.25) is 0 Å². The number of hydrogen-bond acceptors (Lipinski definition) is 5. The number of ether oxygens (including phenoxy) is 2. The maximum absolute atomic E-state index is 11.7. The van der Waals surface area contributed by atoms with Gasteiger partial charge in [-0.15, -0.1) is 0 Å². The highest BCUT2D eigenvalue weighted by molar-refractivity contribution is 6.01. The zero-order valence-corrected chi connectivity index (χ0v) is 11.0. The lowest BCUT2D eigenvalue weighted by atomic mass is 10.2. The van der Waals surface area contributed by atoms with E-state index >= 15 is 0 Å². The Kier molecular flexibility index (Phi) is 4.34.